The summed E-state index contributed by atoms with van der Waals surface area (Å²) in [7, 11) is 5.49. The first-order valence-electron chi connectivity index (χ1n) is 10.9. The minimum atomic E-state index is -0.201. The van der Waals surface area contributed by atoms with Gasteiger partial charge in [-0.2, -0.15) is 0 Å². The topological polar surface area (TPSA) is 54.4 Å². The van der Waals surface area contributed by atoms with Crippen LogP contribution in [0.3, 0.4) is 0 Å². The fourth-order valence-corrected chi connectivity index (χ4v) is 4.31. The van der Waals surface area contributed by atoms with Crippen LogP contribution in [0, 0.1) is 5.82 Å². The monoisotopic (exact) mass is 546 g/mol. The second-order valence-corrected chi connectivity index (χ2v) is 8.20. The minimum Gasteiger partial charge on any atom is -0.368 e. The van der Waals surface area contributed by atoms with Crippen LogP contribution in [-0.4, -0.2) is 99.6 Å². The quantitative estimate of drug-likeness (QED) is 0.257. The predicted molar refractivity (Wildman–Crippen MR) is 135 cm³/mol. The Bertz CT molecular complexity index is 721. The van der Waals surface area contributed by atoms with Gasteiger partial charge in [-0.1, -0.05) is 0 Å². The van der Waals surface area contributed by atoms with Crippen LogP contribution in [-0.2, 0) is 4.79 Å². The van der Waals surface area contributed by atoms with E-state index in [9.17, 15) is 9.18 Å². The molecule has 7 nitrogen and oxygen atoms in total. The number of guanidine groups is 1. The second kappa shape index (κ2) is 12.4. The lowest BCUT2D eigenvalue weighted by Crippen LogP contribution is -2.52. The van der Waals surface area contributed by atoms with Gasteiger partial charge in [0.1, 0.15) is 5.82 Å². The number of hydrogen-bond donors (Lipinski definition) is 1. The molecule has 0 radical (unpaired) electrons. The molecule has 0 spiro atoms. The average Bonchev–Trinajstić information content (AvgIpc) is 3.22. The highest BCUT2D eigenvalue weighted by Crippen LogP contribution is 2.19. The highest BCUT2D eigenvalue weighted by Gasteiger charge is 2.31. The fourth-order valence-electron chi connectivity index (χ4n) is 4.31. The Morgan fingerprint density at radius 3 is 2.45 bits per heavy atom. The standard InChI is InChI=1S/C22H35FN6O.HI/c1-24-22(25-11-5-13-28-12-4-6-20(28)21(30)26(2)3)29-16-14-27(15-17-29)19-9-7-18(23)8-10-19;/h7-10,20H,4-6,11-17H2,1-3H3,(H,24,25);1H. The first kappa shape index (κ1) is 25.6. The summed E-state index contributed by atoms with van der Waals surface area (Å²) in [6.07, 6.45) is 3.04. The summed E-state index contributed by atoms with van der Waals surface area (Å²) in [5.41, 5.74) is 1.06. The van der Waals surface area contributed by atoms with Gasteiger partial charge in [0.25, 0.3) is 0 Å². The van der Waals surface area contributed by atoms with Gasteiger partial charge in [-0.15, -0.1) is 24.0 Å². The number of aliphatic imine (C=N–C) groups is 1. The second-order valence-electron chi connectivity index (χ2n) is 8.20. The van der Waals surface area contributed by atoms with Crippen molar-refractivity contribution in [2.75, 3.05) is 71.9 Å². The molecule has 1 unspecified atom stereocenters. The molecule has 3 rings (SSSR count). The van der Waals surface area contributed by atoms with E-state index < -0.39 is 0 Å². The van der Waals surface area contributed by atoms with E-state index in [1.54, 1.807) is 4.90 Å². The number of likely N-dealkylation sites (N-methyl/N-ethyl adjacent to an activating group) is 1. The van der Waals surface area contributed by atoms with E-state index >= 15 is 0 Å². The Labute approximate surface area is 202 Å². The van der Waals surface area contributed by atoms with Gasteiger partial charge in [0.05, 0.1) is 6.04 Å². The molecule has 0 bridgehead atoms. The molecule has 0 aliphatic carbocycles. The molecular weight excluding hydrogens is 510 g/mol. The Morgan fingerprint density at radius 2 is 1.84 bits per heavy atom. The van der Waals surface area contributed by atoms with Crippen molar-refractivity contribution in [3.8, 4) is 0 Å². The van der Waals surface area contributed by atoms with Crippen molar-refractivity contribution in [3.63, 3.8) is 0 Å². The molecule has 2 aliphatic rings. The Hall–Kier alpha value is -1.62. The van der Waals surface area contributed by atoms with Gasteiger partial charge >= 0.3 is 0 Å². The maximum Gasteiger partial charge on any atom is 0.239 e. The van der Waals surface area contributed by atoms with Crippen LogP contribution in [0.25, 0.3) is 0 Å². The Morgan fingerprint density at radius 1 is 1.16 bits per heavy atom. The largest absolute Gasteiger partial charge is 0.368 e. The van der Waals surface area contributed by atoms with Gasteiger partial charge in [-0.05, 0) is 50.1 Å². The van der Waals surface area contributed by atoms with Gasteiger partial charge in [-0.25, -0.2) is 4.39 Å². The maximum absolute atomic E-state index is 13.1. The van der Waals surface area contributed by atoms with Crippen LogP contribution in [0.4, 0.5) is 10.1 Å². The minimum absolute atomic E-state index is 0. The number of nitrogens with zero attached hydrogens (tertiary/aromatic N) is 5. The van der Waals surface area contributed by atoms with Crippen molar-refractivity contribution < 1.29 is 9.18 Å². The molecule has 0 saturated carbocycles. The van der Waals surface area contributed by atoms with E-state index in [0.29, 0.717) is 0 Å². The number of carbonyl (C=O) groups is 1. The zero-order chi connectivity index (χ0) is 21.5. The van der Waals surface area contributed by atoms with E-state index in [-0.39, 0.29) is 41.7 Å². The van der Waals surface area contributed by atoms with Crippen LogP contribution in [0.2, 0.25) is 0 Å². The Kier molecular flexibility index (Phi) is 10.3. The first-order valence-corrected chi connectivity index (χ1v) is 10.9. The molecule has 0 aromatic heterocycles. The lowest BCUT2D eigenvalue weighted by atomic mass is 10.2. The lowest BCUT2D eigenvalue weighted by molar-refractivity contribution is -0.133. The van der Waals surface area contributed by atoms with Crippen LogP contribution in [0.5, 0.6) is 0 Å². The van der Waals surface area contributed by atoms with Gasteiger partial charge in [-0.3, -0.25) is 14.7 Å². The third kappa shape index (κ3) is 6.93. The van der Waals surface area contributed by atoms with E-state index in [1.807, 2.05) is 33.3 Å². The summed E-state index contributed by atoms with van der Waals surface area (Å²) in [4.78, 5) is 25.3. The van der Waals surface area contributed by atoms with Crippen molar-refractivity contribution in [2.24, 2.45) is 4.99 Å². The number of halogens is 2. The van der Waals surface area contributed by atoms with E-state index in [2.05, 4.69) is 25.0 Å². The van der Waals surface area contributed by atoms with Gasteiger partial charge in [0, 0.05) is 66.1 Å². The molecule has 9 heteroatoms. The Balaban J connectivity index is 0.00000341. The van der Waals surface area contributed by atoms with Gasteiger partial charge in [0.15, 0.2) is 5.96 Å². The summed E-state index contributed by atoms with van der Waals surface area (Å²) in [6, 6.07) is 6.74. The van der Waals surface area contributed by atoms with Gasteiger partial charge < -0.3 is 20.0 Å². The number of nitrogens with one attached hydrogen (secondary N) is 1. The van der Waals surface area contributed by atoms with Crippen LogP contribution >= 0.6 is 24.0 Å². The first-order chi connectivity index (χ1) is 14.5. The molecule has 2 saturated heterocycles. The molecular formula is C22H36FIN6O. The molecule has 1 atom stereocenters. The molecule has 1 aromatic rings. The molecule has 174 valence electrons. The maximum atomic E-state index is 13.1. The smallest absolute Gasteiger partial charge is 0.239 e. The highest BCUT2D eigenvalue weighted by molar-refractivity contribution is 14.0. The SMILES string of the molecule is CN=C(NCCCN1CCCC1C(=O)N(C)C)N1CCN(c2ccc(F)cc2)CC1.I. The zero-order valence-electron chi connectivity index (χ0n) is 18.9. The summed E-state index contributed by atoms with van der Waals surface area (Å²) < 4.78 is 13.1. The fraction of sp³-hybridized carbons (Fsp3) is 0.636. The normalized spacial score (nSPS) is 19.9. The number of amides is 1. The summed E-state index contributed by atoms with van der Waals surface area (Å²) in [5.74, 6) is 0.944. The third-order valence-corrected chi connectivity index (χ3v) is 5.98. The summed E-state index contributed by atoms with van der Waals surface area (Å²) in [6.45, 7) is 6.29. The van der Waals surface area contributed by atoms with Crippen molar-refractivity contribution in [2.45, 2.75) is 25.3 Å². The van der Waals surface area contributed by atoms with Crippen molar-refractivity contribution in [1.82, 2.24) is 20.0 Å². The number of rotatable bonds is 6. The van der Waals surface area contributed by atoms with Crippen molar-refractivity contribution in [3.05, 3.63) is 30.1 Å². The number of piperazine rings is 1. The third-order valence-electron chi connectivity index (χ3n) is 5.98. The van der Waals surface area contributed by atoms with Crippen LogP contribution < -0.4 is 10.2 Å². The van der Waals surface area contributed by atoms with Crippen LogP contribution in [0.1, 0.15) is 19.3 Å². The number of carbonyl (C=O) groups excluding carboxylic acids is 1. The number of benzene rings is 1. The molecule has 1 N–H and O–H groups in total. The predicted octanol–water partition coefficient (Wildman–Crippen LogP) is 2.08. The number of hydrogen-bond acceptors (Lipinski definition) is 4. The van der Waals surface area contributed by atoms with E-state index in [0.717, 1.165) is 76.7 Å². The van der Waals surface area contributed by atoms with Crippen molar-refractivity contribution in [1.29, 1.82) is 0 Å². The average molecular weight is 546 g/mol. The molecule has 2 heterocycles. The molecule has 2 aliphatic heterocycles. The molecule has 1 aromatic carbocycles. The molecule has 2 fully saturated rings. The summed E-state index contributed by atoms with van der Waals surface area (Å²) in [5, 5.41) is 3.48. The van der Waals surface area contributed by atoms with Crippen molar-refractivity contribution >= 4 is 41.5 Å². The van der Waals surface area contributed by atoms with E-state index in [1.165, 1.54) is 12.1 Å². The molecule has 1 amide bonds. The van der Waals surface area contributed by atoms with Gasteiger partial charge in [0.2, 0.25) is 5.91 Å². The van der Waals surface area contributed by atoms with E-state index in [4.69, 9.17) is 0 Å². The van der Waals surface area contributed by atoms with Crippen LogP contribution in [0.15, 0.2) is 29.3 Å². The number of anilines is 1. The number of likely N-dealkylation sites (tertiary alicyclic amines) is 1. The lowest BCUT2D eigenvalue weighted by Gasteiger charge is -2.37. The molecule has 31 heavy (non-hydrogen) atoms. The summed E-state index contributed by atoms with van der Waals surface area (Å²) >= 11 is 0. The zero-order valence-corrected chi connectivity index (χ0v) is 21.2. The highest BCUT2D eigenvalue weighted by atomic mass is 127.